The van der Waals surface area contributed by atoms with E-state index < -0.39 is 11.2 Å². The molecule has 4 fully saturated rings. The van der Waals surface area contributed by atoms with Gasteiger partial charge in [-0.1, -0.05) is 67.2 Å². The fourth-order valence-electron chi connectivity index (χ4n) is 15.9. The number of thiocarbonyl (C=S) groups is 1. The molecule has 0 spiro atoms. The molecule has 0 saturated heterocycles. The van der Waals surface area contributed by atoms with Crippen LogP contribution in [0, 0.1) is 58.2 Å². The lowest BCUT2D eigenvalue weighted by molar-refractivity contribution is -0.114. The molecule has 4 saturated carbocycles. The smallest absolute Gasteiger partial charge is 0.231 e. The van der Waals surface area contributed by atoms with Crippen LogP contribution in [0.15, 0.2) is 117 Å². The van der Waals surface area contributed by atoms with Gasteiger partial charge in [0, 0.05) is 34.8 Å². The number of carbonyl (C=O) groups is 1. The highest BCUT2D eigenvalue weighted by molar-refractivity contribution is 7.80. The van der Waals surface area contributed by atoms with Crippen LogP contribution >= 0.6 is 12.2 Å². The number of rotatable bonds is 4. The molecule has 10 atom stereocenters. The normalized spacial score (nSPS) is 34.1. The molecule has 10 aliphatic rings. The summed E-state index contributed by atoms with van der Waals surface area (Å²) >= 11 is 5.48. The Labute approximate surface area is 441 Å². The van der Waals surface area contributed by atoms with Crippen molar-refractivity contribution in [2.75, 3.05) is 18.9 Å². The van der Waals surface area contributed by atoms with Gasteiger partial charge in [-0.05, 0) is 215 Å². The predicted molar refractivity (Wildman–Crippen MR) is 291 cm³/mol. The molecular weight excluding hydrogens is 943 g/mol. The summed E-state index contributed by atoms with van der Waals surface area (Å²) in [7, 11) is 0. The number of allylic oxidation sites excluding steroid dienone is 8. The number of hydrazone groups is 1. The number of hydrogen-bond donors (Lipinski definition) is 4. The summed E-state index contributed by atoms with van der Waals surface area (Å²) in [5.41, 5.74) is 13.7. The Bertz CT molecular complexity index is 3130. The molecule has 2 heterocycles. The average Bonchev–Trinajstić information content (AvgIpc) is 4.22. The summed E-state index contributed by atoms with van der Waals surface area (Å²) in [5.74, 6) is 18.1. The standard InChI is InChI=1S/C35H37N3O3S.C28H30O4/c1-3-16-35(39)17-15-29-27-12-9-22-18-25(37-38-33(42)36-24-7-5-4-6-8-24)11-13-26(22)32(27)28(20-34(29,35)2)23-10-14-30-31(19-23)41-21-40-30;1-3-11-28(30)12-10-23-21-7-4-17-13-19(29)6-8-20(17)26(21)22(15-27(23,28)2)18-5-9-24-25(14-18)32-16-31-24/h4-8,10,14,18-19,27-29,39H,9,11-13,15,17,20-21H2,1-2H3,(H2,36,38,42);5,9,13-14,21-23,30H,4,6-8,10,12,15-16H2,1-2H3/t27-,28?,29-,34-,35-;21-,22?,23-,27-,28-/m00/s1. The molecule has 2 aliphatic heterocycles. The summed E-state index contributed by atoms with van der Waals surface area (Å²) < 4.78 is 22.7. The Balaban J connectivity index is 0.000000156. The van der Waals surface area contributed by atoms with Gasteiger partial charge in [0.2, 0.25) is 13.6 Å². The highest BCUT2D eigenvalue weighted by Gasteiger charge is 2.64. The number of nitrogens with one attached hydrogen (secondary N) is 2. The molecule has 0 aromatic heterocycles. The SMILES string of the molecule is CC#C[C@]1(O)CC[C@H]2[C@@H]3CCC4=CC(=NNC(=S)Nc5ccccc5)CCC4=C3C(c3ccc4c(c3)OCO4)C[C@@]21C.CC#C[C@]1(O)CC[C@H]2[C@@H]3CCC4=CC(=O)CCC4=C3C(c3ccc4c(c3)OCO4)C[C@@]21C. The van der Waals surface area contributed by atoms with Gasteiger partial charge in [-0.2, -0.15) is 5.10 Å². The Kier molecular flexibility index (Phi) is 12.5. The van der Waals surface area contributed by atoms with E-state index in [4.69, 9.17) is 31.2 Å². The zero-order valence-corrected chi connectivity index (χ0v) is 43.9. The molecule has 0 radical (unpaired) electrons. The Hall–Kier alpha value is -6.11. The van der Waals surface area contributed by atoms with Gasteiger partial charge < -0.3 is 34.5 Å². The van der Waals surface area contributed by atoms with Crippen molar-refractivity contribution in [2.45, 2.75) is 141 Å². The lowest BCUT2D eigenvalue weighted by atomic mass is 9.51. The molecular formula is C63H67N3O7S. The van der Waals surface area contributed by atoms with Crippen molar-refractivity contribution in [1.29, 1.82) is 0 Å². The molecule has 0 bridgehead atoms. The second-order valence-electron chi connectivity index (χ2n) is 22.8. The molecule has 3 aromatic carbocycles. The van der Waals surface area contributed by atoms with E-state index in [1.807, 2.05) is 62.4 Å². The fraction of sp³-hybridized carbons (Fsp3) is 0.476. The van der Waals surface area contributed by atoms with E-state index in [1.54, 1.807) is 5.57 Å². The number of anilines is 1. The first-order valence-electron chi connectivity index (χ1n) is 27.0. The molecule has 3 aromatic rings. The van der Waals surface area contributed by atoms with Crippen molar-refractivity contribution in [3.8, 4) is 46.7 Å². The maximum Gasteiger partial charge on any atom is 0.231 e. The van der Waals surface area contributed by atoms with Crippen LogP contribution < -0.4 is 29.7 Å². The highest BCUT2D eigenvalue weighted by Crippen LogP contribution is 2.68. The van der Waals surface area contributed by atoms with Crippen LogP contribution in [0.25, 0.3) is 0 Å². The van der Waals surface area contributed by atoms with Gasteiger partial charge in [-0.3, -0.25) is 10.2 Å². The fourth-order valence-corrected chi connectivity index (χ4v) is 16.1. The third-order valence-corrected chi connectivity index (χ3v) is 19.6. The van der Waals surface area contributed by atoms with E-state index in [9.17, 15) is 15.0 Å². The van der Waals surface area contributed by atoms with Crippen LogP contribution in [0.5, 0.6) is 23.0 Å². The number of para-hydroxylation sites is 1. The molecule has 0 amide bonds. The van der Waals surface area contributed by atoms with Crippen molar-refractivity contribution in [3.63, 3.8) is 0 Å². The maximum absolute atomic E-state index is 12.2. The van der Waals surface area contributed by atoms with Crippen LogP contribution in [-0.2, 0) is 4.79 Å². The van der Waals surface area contributed by atoms with E-state index in [2.05, 4.69) is 83.7 Å². The van der Waals surface area contributed by atoms with Crippen LogP contribution in [0.1, 0.15) is 141 Å². The van der Waals surface area contributed by atoms with E-state index in [-0.39, 0.29) is 42.0 Å². The molecule has 74 heavy (non-hydrogen) atoms. The summed E-state index contributed by atoms with van der Waals surface area (Å²) in [6.45, 7) is 8.77. The topological polar surface area (TPSA) is 131 Å². The first-order chi connectivity index (χ1) is 35.8. The number of ether oxygens (including phenoxy) is 4. The van der Waals surface area contributed by atoms with E-state index in [0.717, 1.165) is 118 Å². The van der Waals surface area contributed by atoms with Crippen molar-refractivity contribution >= 4 is 34.5 Å². The lowest BCUT2D eigenvalue weighted by Gasteiger charge is -2.53. The second kappa shape index (κ2) is 18.9. The molecule has 10 nitrogen and oxygen atoms in total. The minimum Gasteiger partial charge on any atom is -0.454 e. The maximum atomic E-state index is 12.2. The molecule has 8 aliphatic carbocycles. The summed E-state index contributed by atoms with van der Waals surface area (Å²) in [6, 6.07) is 22.6. The molecule has 13 rings (SSSR count). The average molecular weight is 1010 g/mol. The van der Waals surface area contributed by atoms with Crippen LogP contribution in [-0.4, -0.2) is 51.6 Å². The molecule has 2 unspecified atom stereocenters. The molecule has 4 N–H and O–H groups in total. The second-order valence-corrected chi connectivity index (χ2v) is 23.2. The van der Waals surface area contributed by atoms with Gasteiger partial charge in [0.15, 0.2) is 33.9 Å². The highest BCUT2D eigenvalue weighted by atomic mass is 32.1. The number of nitrogens with zero attached hydrogens (tertiary/aromatic N) is 1. The number of ketones is 1. The summed E-state index contributed by atoms with van der Waals surface area (Å²) in [6.07, 6.45) is 16.8. The Morgan fingerprint density at radius 2 is 1.16 bits per heavy atom. The monoisotopic (exact) mass is 1010 g/mol. The number of carbonyl (C=O) groups excluding carboxylic acids is 1. The van der Waals surface area contributed by atoms with Crippen molar-refractivity contribution < 1.29 is 34.0 Å². The molecule has 11 heteroatoms. The first-order valence-corrected chi connectivity index (χ1v) is 27.4. The van der Waals surface area contributed by atoms with Gasteiger partial charge in [0.25, 0.3) is 0 Å². The Morgan fingerprint density at radius 1 is 0.649 bits per heavy atom. The van der Waals surface area contributed by atoms with Crippen LogP contribution in [0.4, 0.5) is 5.69 Å². The third-order valence-electron chi connectivity index (χ3n) is 19.4. The van der Waals surface area contributed by atoms with Gasteiger partial charge in [-0.25, -0.2) is 0 Å². The minimum absolute atomic E-state index is 0.186. The quantitative estimate of drug-likeness (QED) is 0.114. The van der Waals surface area contributed by atoms with Crippen LogP contribution in [0.2, 0.25) is 0 Å². The summed E-state index contributed by atoms with van der Waals surface area (Å²) in [5, 5.41) is 32.0. The van der Waals surface area contributed by atoms with E-state index in [1.165, 1.54) is 39.0 Å². The number of hydrogen-bond acceptors (Lipinski definition) is 9. The van der Waals surface area contributed by atoms with Crippen molar-refractivity contribution in [1.82, 2.24) is 5.43 Å². The first kappa shape index (κ1) is 48.8. The Morgan fingerprint density at radius 3 is 1.70 bits per heavy atom. The van der Waals surface area contributed by atoms with E-state index >= 15 is 0 Å². The number of benzene rings is 3. The van der Waals surface area contributed by atoms with Gasteiger partial charge in [-0.15, -0.1) is 11.8 Å². The van der Waals surface area contributed by atoms with Crippen molar-refractivity contribution in [2.24, 2.45) is 39.6 Å². The minimum atomic E-state index is -0.961. The summed E-state index contributed by atoms with van der Waals surface area (Å²) in [4.78, 5) is 12.2. The lowest BCUT2D eigenvalue weighted by Crippen LogP contribution is -2.51. The number of fused-ring (bicyclic) bond motifs is 10. The van der Waals surface area contributed by atoms with Gasteiger partial charge in [0.05, 0.1) is 5.71 Å². The predicted octanol–water partition coefficient (Wildman–Crippen LogP) is 11.9. The zero-order valence-electron chi connectivity index (χ0n) is 43.1. The van der Waals surface area contributed by atoms with Gasteiger partial charge >= 0.3 is 0 Å². The van der Waals surface area contributed by atoms with Gasteiger partial charge in [0.1, 0.15) is 11.2 Å². The van der Waals surface area contributed by atoms with Crippen LogP contribution in [0.3, 0.4) is 0 Å². The van der Waals surface area contributed by atoms with E-state index in [0.29, 0.717) is 35.2 Å². The molecule has 382 valence electrons. The largest absolute Gasteiger partial charge is 0.454 e. The zero-order chi connectivity index (χ0) is 51.0. The van der Waals surface area contributed by atoms with Crippen molar-refractivity contribution in [3.05, 3.63) is 123 Å². The third kappa shape index (κ3) is 8.12. The number of aliphatic hydroxyl groups is 2.